The molecule has 4 aromatic rings. The fraction of sp³-hybridized carbons (Fsp3) is 0.353. The molecule has 0 saturated carbocycles. The van der Waals surface area contributed by atoms with Crippen molar-refractivity contribution in [2.24, 2.45) is 0 Å². The lowest BCUT2D eigenvalue weighted by Crippen LogP contribution is -2.15. The molecule has 6 heteroatoms. The van der Waals surface area contributed by atoms with Gasteiger partial charge in [0, 0.05) is 0 Å². The Bertz CT molecular complexity index is 1290. The minimum atomic E-state index is 0.462. The number of fused-ring (bicyclic) bond motifs is 4. The van der Waals surface area contributed by atoms with E-state index in [4.69, 9.17) is 28.4 Å². The third-order valence-corrected chi connectivity index (χ3v) is 6.83. The second-order valence-electron chi connectivity index (χ2n) is 9.86. The summed E-state index contributed by atoms with van der Waals surface area (Å²) in [6.45, 7) is 9.49. The topological polar surface area (TPSA) is 55.4 Å². The zero-order valence-corrected chi connectivity index (χ0v) is 23.1. The summed E-state index contributed by atoms with van der Waals surface area (Å²) in [6.07, 6.45) is 1.40. The summed E-state index contributed by atoms with van der Waals surface area (Å²) >= 11 is 0. The average molecular weight is 543 g/mol. The maximum atomic E-state index is 6.23. The first kappa shape index (κ1) is 28.1. The van der Waals surface area contributed by atoms with Gasteiger partial charge in [-0.3, -0.25) is 0 Å². The van der Waals surface area contributed by atoms with E-state index in [-0.39, 0.29) is 0 Å². The van der Waals surface area contributed by atoms with Gasteiger partial charge in [-0.1, -0.05) is 60.7 Å². The Labute approximate surface area is 236 Å². The Morgan fingerprint density at radius 3 is 1.12 bits per heavy atom. The molecule has 0 saturated heterocycles. The first-order valence-electron chi connectivity index (χ1n) is 14.0. The van der Waals surface area contributed by atoms with Gasteiger partial charge in [-0.2, -0.15) is 0 Å². The molecule has 0 bridgehead atoms. The monoisotopic (exact) mass is 542 g/mol. The first-order valence-corrected chi connectivity index (χ1v) is 14.0. The molecule has 1 aliphatic heterocycles. The molecule has 0 N–H and O–H groups in total. The standard InChI is InChI=1S/C34H38O6/c1-26-20-31-22-27-6-2-4-8-29(27)24-33(31)39-18-16-37-14-12-35-10-11-36-13-15-38-17-19-40-34-25-30-9-5-3-7-28(30)23-32(34)21-26/h2-9,22-25H,1,10-21H2. The highest BCUT2D eigenvalue weighted by molar-refractivity contribution is 5.86. The molecule has 0 radical (unpaired) electrons. The molecular formula is C34H38O6. The number of allylic oxidation sites excluding steroid dienone is 1. The number of ether oxygens (including phenoxy) is 6. The molecule has 40 heavy (non-hydrogen) atoms. The molecule has 0 spiro atoms. The lowest BCUT2D eigenvalue weighted by Gasteiger charge is -2.17. The Balaban J connectivity index is 1.36. The van der Waals surface area contributed by atoms with Gasteiger partial charge >= 0.3 is 0 Å². The number of benzene rings is 4. The zero-order valence-electron chi connectivity index (χ0n) is 23.1. The Morgan fingerprint density at radius 2 is 0.750 bits per heavy atom. The van der Waals surface area contributed by atoms with Gasteiger partial charge in [0.05, 0.1) is 52.9 Å². The summed E-state index contributed by atoms with van der Waals surface area (Å²) in [5.41, 5.74) is 3.31. The average Bonchev–Trinajstić information content (AvgIpc) is 2.96. The molecule has 0 fully saturated rings. The lowest BCUT2D eigenvalue weighted by atomic mass is 9.95. The smallest absolute Gasteiger partial charge is 0.123 e. The second-order valence-corrected chi connectivity index (χ2v) is 9.86. The van der Waals surface area contributed by atoms with Gasteiger partial charge in [-0.25, -0.2) is 0 Å². The Hall–Kier alpha value is -3.42. The Morgan fingerprint density at radius 1 is 0.425 bits per heavy atom. The lowest BCUT2D eigenvalue weighted by molar-refractivity contribution is -0.00701. The summed E-state index contributed by atoms with van der Waals surface area (Å²) in [7, 11) is 0. The highest BCUT2D eigenvalue weighted by Gasteiger charge is 2.13. The van der Waals surface area contributed by atoms with Crippen LogP contribution in [-0.4, -0.2) is 66.1 Å². The van der Waals surface area contributed by atoms with Crippen LogP contribution in [0.2, 0.25) is 0 Å². The van der Waals surface area contributed by atoms with Crippen LogP contribution in [0.3, 0.4) is 0 Å². The van der Waals surface area contributed by atoms with Crippen LogP contribution >= 0.6 is 0 Å². The highest BCUT2D eigenvalue weighted by Crippen LogP contribution is 2.31. The SMILES string of the molecule is C=C1Cc2cc3ccccc3cc2OCCOCCOCCOCCOCCOc2cc3ccccc3cc2C1. The normalized spacial score (nSPS) is 17.4. The third-order valence-electron chi connectivity index (χ3n) is 6.83. The van der Waals surface area contributed by atoms with E-state index < -0.39 is 0 Å². The van der Waals surface area contributed by atoms with E-state index in [0.29, 0.717) is 78.9 Å². The second kappa shape index (κ2) is 14.8. The van der Waals surface area contributed by atoms with Crippen molar-refractivity contribution in [3.05, 3.63) is 96.1 Å². The molecule has 1 heterocycles. The van der Waals surface area contributed by atoms with Gasteiger partial charge in [0.25, 0.3) is 0 Å². The van der Waals surface area contributed by atoms with Gasteiger partial charge in [0.15, 0.2) is 0 Å². The first-order chi connectivity index (χ1) is 19.8. The molecule has 6 nitrogen and oxygen atoms in total. The fourth-order valence-electron chi connectivity index (χ4n) is 4.86. The number of hydrogen-bond donors (Lipinski definition) is 0. The van der Waals surface area contributed by atoms with Gasteiger partial charge in [-0.15, -0.1) is 0 Å². The van der Waals surface area contributed by atoms with E-state index in [9.17, 15) is 0 Å². The molecule has 5 rings (SSSR count). The van der Waals surface area contributed by atoms with Crippen LogP contribution in [-0.2, 0) is 31.8 Å². The fourth-order valence-corrected chi connectivity index (χ4v) is 4.86. The van der Waals surface area contributed by atoms with Gasteiger partial charge in [-0.05, 0) is 69.8 Å². The van der Waals surface area contributed by atoms with Crippen molar-refractivity contribution in [1.82, 2.24) is 0 Å². The Kier molecular flexibility index (Phi) is 10.4. The molecular weight excluding hydrogens is 504 g/mol. The van der Waals surface area contributed by atoms with E-state index in [1.165, 1.54) is 10.8 Å². The van der Waals surface area contributed by atoms with Crippen LogP contribution in [0.15, 0.2) is 84.9 Å². The maximum absolute atomic E-state index is 6.23. The van der Waals surface area contributed by atoms with Crippen molar-refractivity contribution in [3.8, 4) is 11.5 Å². The zero-order chi connectivity index (χ0) is 27.4. The van der Waals surface area contributed by atoms with Crippen LogP contribution in [0.5, 0.6) is 11.5 Å². The van der Waals surface area contributed by atoms with E-state index in [1.807, 2.05) is 12.1 Å². The van der Waals surface area contributed by atoms with Crippen LogP contribution < -0.4 is 9.47 Å². The van der Waals surface area contributed by atoms with Gasteiger partial charge < -0.3 is 28.4 Å². The molecule has 1 aliphatic rings. The van der Waals surface area contributed by atoms with Gasteiger partial charge in [0.2, 0.25) is 0 Å². The van der Waals surface area contributed by atoms with Crippen molar-refractivity contribution in [1.29, 1.82) is 0 Å². The minimum Gasteiger partial charge on any atom is -0.491 e. The van der Waals surface area contributed by atoms with Crippen LogP contribution in [0.1, 0.15) is 11.1 Å². The molecule has 210 valence electrons. The van der Waals surface area contributed by atoms with E-state index in [1.54, 1.807) is 0 Å². The third kappa shape index (κ3) is 8.05. The molecule has 0 atom stereocenters. The van der Waals surface area contributed by atoms with E-state index >= 15 is 0 Å². The van der Waals surface area contributed by atoms with Crippen LogP contribution in [0.4, 0.5) is 0 Å². The molecule has 4 aromatic carbocycles. The van der Waals surface area contributed by atoms with Crippen molar-refractivity contribution in [2.45, 2.75) is 12.8 Å². The van der Waals surface area contributed by atoms with Gasteiger partial charge in [0.1, 0.15) is 24.7 Å². The molecule has 0 aromatic heterocycles. The maximum Gasteiger partial charge on any atom is 0.123 e. The van der Waals surface area contributed by atoms with E-state index in [0.717, 1.165) is 39.0 Å². The quantitative estimate of drug-likeness (QED) is 0.248. The minimum absolute atomic E-state index is 0.462. The molecule has 0 aliphatic carbocycles. The van der Waals surface area contributed by atoms with Crippen molar-refractivity contribution in [2.75, 3.05) is 66.1 Å². The molecule has 0 unspecified atom stereocenters. The summed E-state index contributed by atoms with van der Waals surface area (Å²) in [5, 5.41) is 4.66. The summed E-state index contributed by atoms with van der Waals surface area (Å²) in [6, 6.07) is 25.4. The van der Waals surface area contributed by atoms with Crippen LogP contribution in [0.25, 0.3) is 21.5 Å². The predicted molar refractivity (Wildman–Crippen MR) is 159 cm³/mol. The summed E-state index contributed by atoms with van der Waals surface area (Å²) in [5.74, 6) is 1.73. The van der Waals surface area contributed by atoms with Crippen LogP contribution in [0, 0.1) is 0 Å². The van der Waals surface area contributed by atoms with E-state index in [2.05, 4.69) is 67.2 Å². The van der Waals surface area contributed by atoms with Crippen molar-refractivity contribution < 1.29 is 28.4 Å². The summed E-state index contributed by atoms with van der Waals surface area (Å²) in [4.78, 5) is 0. The predicted octanol–water partition coefficient (Wildman–Crippen LogP) is 6.17. The summed E-state index contributed by atoms with van der Waals surface area (Å²) < 4.78 is 35.1. The van der Waals surface area contributed by atoms with Crippen molar-refractivity contribution in [3.63, 3.8) is 0 Å². The number of rotatable bonds is 0. The molecule has 0 amide bonds. The largest absolute Gasteiger partial charge is 0.491 e. The van der Waals surface area contributed by atoms with Crippen molar-refractivity contribution >= 4 is 21.5 Å². The highest BCUT2D eigenvalue weighted by atomic mass is 16.6. The number of hydrogen-bond acceptors (Lipinski definition) is 6.